The van der Waals surface area contributed by atoms with Crippen LogP contribution in [0.3, 0.4) is 0 Å². The number of nitrogens with zero attached hydrogens (tertiary/aromatic N) is 1. The van der Waals surface area contributed by atoms with E-state index in [-0.39, 0.29) is 24.2 Å². The second kappa shape index (κ2) is 7.17. The van der Waals surface area contributed by atoms with Gasteiger partial charge in [-0.1, -0.05) is 43.3 Å². The first-order valence-corrected chi connectivity index (χ1v) is 8.18. The van der Waals surface area contributed by atoms with Gasteiger partial charge in [0.05, 0.1) is 11.6 Å². The van der Waals surface area contributed by atoms with Crippen molar-refractivity contribution in [3.63, 3.8) is 0 Å². The van der Waals surface area contributed by atoms with Gasteiger partial charge >= 0.3 is 0 Å². The molecule has 2 N–H and O–H groups in total. The van der Waals surface area contributed by atoms with Crippen LogP contribution in [0.1, 0.15) is 18.9 Å². The average Bonchev–Trinajstić information content (AvgIpc) is 3.02. The van der Waals surface area contributed by atoms with Crippen LogP contribution in [0.15, 0.2) is 54.6 Å². The molecule has 124 valence electrons. The number of rotatable bonds is 5. The van der Waals surface area contributed by atoms with Crippen LogP contribution in [0.4, 0.5) is 11.4 Å². The van der Waals surface area contributed by atoms with E-state index in [1.807, 2.05) is 54.6 Å². The van der Waals surface area contributed by atoms with Gasteiger partial charge in [0.1, 0.15) is 0 Å². The fraction of sp³-hybridized carbons (Fsp3) is 0.263. The molecule has 0 bridgehead atoms. The molecule has 1 unspecified atom stereocenters. The minimum absolute atomic E-state index is 0.00392. The number of carbonyl (C=O) groups excluding carboxylic acids is 2. The monoisotopic (exact) mass is 323 g/mol. The largest absolute Gasteiger partial charge is 0.311 e. The molecule has 2 aromatic carbocycles. The normalized spacial score (nSPS) is 17.0. The van der Waals surface area contributed by atoms with E-state index in [1.54, 1.807) is 4.90 Å². The SMILES string of the molecule is CCc1ccccc1N1CC(C(=O)NNc2ccccc2)CC1=O. The number of hydrogen-bond acceptors (Lipinski definition) is 3. The van der Waals surface area contributed by atoms with E-state index < -0.39 is 0 Å². The van der Waals surface area contributed by atoms with E-state index in [1.165, 1.54) is 0 Å². The minimum Gasteiger partial charge on any atom is -0.311 e. The lowest BCUT2D eigenvalue weighted by atomic mass is 10.1. The number of hydrogen-bond donors (Lipinski definition) is 2. The first-order chi connectivity index (χ1) is 11.7. The lowest BCUT2D eigenvalue weighted by Gasteiger charge is -2.20. The van der Waals surface area contributed by atoms with E-state index in [4.69, 9.17) is 0 Å². The number of para-hydroxylation sites is 2. The van der Waals surface area contributed by atoms with Crippen LogP contribution in [0.25, 0.3) is 0 Å². The molecule has 2 aromatic rings. The Balaban J connectivity index is 1.65. The predicted octanol–water partition coefficient (Wildman–Crippen LogP) is 2.75. The molecule has 1 aliphatic heterocycles. The molecule has 24 heavy (non-hydrogen) atoms. The molecule has 1 atom stereocenters. The highest BCUT2D eigenvalue weighted by Crippen LogP contribution is 2.28. The maximum Gasteiger partial charge on any atom is 0.243 e. The van der Waals surface area contributed by atoms with Crippen molar-refractivity contribution in [2.45, 2.75) is 19.8 Å². The third-order valence-electron chi connectivity index (χ3n) is 4.26. The number of aryl methyl sites for hydroxylation is 1. The molecule has 5 nitrogen and oxygen atoms in total. The zero-order valence-corrected chi connectivity index (χ0v) is 13.7. The molecule has 2 amide bonds. The highest BCUT2D eigenvalue weighted by molar-refractivity contribution is 6.01. The van der Waals surface area contributed by atoms with Crippen LogP contribution in [0.2, 0.25) is 0 Å². The quantitative estimate of drug-likeness (QED) is 0.832. The summed E-state index contributed by atoms with van der Waals surface area (Å²) in [7, 11) is 0. The van der Waals surface area contributed by atoms with Crippen LogP contribution in [0.5, 0.6) is 0 Å². The Hall–Kier alpha value is -2.82. The highest BCUT2D eigenvalue weighted by atomic mass is 16.2. The smallest absolute Gasteiger partial charge is 0.243 e. The first kappa shape index (κ1) is 16.1. The number of amides is 2. The lowest BCUT2D eigenvalue weighted by Crippen LogP contribution is -2.36. The van der Waals surface area contributed by atoms with Gasteiger partial charge in [-0.2, -0.15) is 0 Å². The average molecular weight is 323 g/mol. The van der Waals surface area contributed by atoms with Crippen LogP contribution < -0.4 is 15.8 Å². The second-order valence-corrected chi connectivity index (χ2v) is 5.87. The number of anilines is 2. The zero-order chi connectivity index (χ0) is 16.9. The van der Waals surface area contributed by atoms with Gasteiger partial charge in [-0.3, -0.25) is 20.4 Å². The van der Waals surface area contributed by atoms with Gasteiger partial charge < -0.3 is 4.90 Å². The third-order valence-corrected chi connectivity index (χ3v) is 4.26. The van der Waals surface area contributed by atoms with Crippen molar-refractivity contribution in [1.29, 1.82) is 0 Å². The molecule has 1 heterocycles. The summed E-state index contributed by atoms with van der Waals surface area (Å²) in [6.07, 6.45) is 1.09. The van der Waals surface area contributed by atoms with Crippen molar-refractivity contribution < 1.29 is 9.59 Å². The van der Waals surface area contributed by atoms with Crippen molar-refractivity contribution in [2.24, 2.45) is 5.92 Å². The standard InChI is InChI=1S/C19H21N3O2/c1-2-14-8-6-7-11-17(14)22-13-15(12-18(22)23)19(24)21-20-16-9-4-3-5-10-16/h3-11,15,20H,2,12-13H2,1H3,(H,21,24). The zero-order valence-electron chi connectivity index (χ0n) is 13.7. The fourth-order valence-corrected chi connectivity index (χ4v) is 2.95. The summed E-state index contributed by atoms with van der Waals surface area (Å²) in [4.78, 5) is 26.4. The Morgan fingerprint density at radius 3 is 2.58 bits per heavy atom. The first-order valence-electron chi connectivity index (χ1n) is 8.18. The van der Waals surface area contributed by atoms with Gasteiger partial charge in [-0.15, -0.1) is 0 Å². The fourth-order valence-electron chi connectivity index (χ4n) is 2.95. The maximum atomic E-state index is 12.4. The number of nitrogens with one attached hydrogen (secondary N) is 2. The van der Waals surface area contributed by atoms with E-state index in [0.29, 0.717) is 6.54 Å². The summed E-state index contributed by atoms with van der Waals surface area (Å²) in [5.74, 6) is -0.516. The topological polar surface area (TPSA) is 61.4 Å². The predicted molar refractivity (Wildman–Crippen MR) is 94.5 cm³/mol. The molecule has 1 saturated heterocycles. The molecule has 0 saturated carbocycles. The molecule has 0 aliphatic carbocycles. The summed E-state index contributed by atoms with van der Waals surface area (Å²) in [5, 5.41) is 0. The Bertz CT molecular complexity index is 730. The number of carbonyl (C=O) groups is 2. The van der Waals surface area contributed by atoms with Crippen molar-refractivity contribution in [3.05, 3.63) is 60.2 Å². The van der Waals surface area contributed by atoms with E-state index in [0.717, 1.165) is 23.4 Å². The van der Waals surface area contributed by atoms with E-state index in [2.05, 4.69) is 17.8 Å². The molecule has 5 heteroatoms. The van der Waals surface area contributed by atoms with Crippen molar-refractivity contribution in [1.82, 2.24) is 5.43 Å². The summed E-state index contributed by atoms with van der Waals surface area (Å²) < 4.78 is 0. The summed E-state index contributed by atoms with van der Waals surface area (Å²) in [6, 6.07) is 17.3. The highest BCUT2D eigenvalue weighted by Gasteiger charge is 2.35. The molecule has 1 aliphatic rings. The van der Waals surface area contributed by atoms with Gasteiger partial charge in [-0.25, -0.2) is 0 Å². The van der Waals surface area contributed by atoms with Crippen LogP contribution in [-0.2, 0) is 16.0 Å². The summed E-state index contributed by atoms with van der Waals surface area (Å²) in [5.41, 5.74) is 8.42. The Morgan fingerprint density at radius 1 is 1.12 bits per heavy atom. The molecule has 0 radical (unpaired) electrons. The Kier molecular flexibility index (Phi) is 4.79. The Labute approximate surface area is 141 Å². The van der Waals surface area contributed by atoms with Gasteiger partial charge in [0, 0.05) is 18.7 Å². The van der Waals surface area contributed by atoms with Crippen molar-refractivity contribution >= 4 is 23.2 Å². The summed E-state index contributed by atoms with van der Waals surface area (Å²) >= 11 is 0. The van der Waals surface area contributed by atoms with E-state index >= 15 is 0 Å². The molecular formula is C19H21N3O2. The number of hydrazine groups is 1. The van der Waals surface area contributed by atoms with E-state index in [9.17, 15) is 9.59 Å². The molecule has 1 fully saturated rings. The van der Waals surface area contributed by atoms with Gasteiger partial charge in [0.25, 0.3) is 0 Å². The lowest BCUT2D eigenvalue weighted by molar-refractivity contribution is -0.125. The van der Waals surface area contributed by atoms with Crippen molar-refractivity contribution in [3.8, 4) is 0 Å². The molecular weight excluding hydrogens is 302 g/mol. The van der Waals surface area contributed by atoms with Crippen molar-refractivity contribution in [2.75, 3.05) is 16.9 Å². The molecule has 0 spiro atoms. The summed E-state index contributed by atoms with van der Waals surface area (Å²) in [6.45, 7) is 2.48. The molecule has 0 aromatic heterocycles. The van der Waals surface area contributed by atoms with Gasteiger partial charge in [0.15, 0.2) is 0 Å². The van der Waals surface area contributed by atoms with Gasteiger partial charge in [0.2, 0.25) is 11.8 Å². The number of benzene rings is 2. The van der Waals surface area contributed by atoms with Gasteiger partial charge in [-0.05, 0) is 30.2 Å². The van der Waals surface area contributed by atoms with Crippen LogP contribution in [-0.4, -0.2) is 18.4 Å². The van der Waals surface area contributed by atoms with Crippen LogP contribution in [0, 0.1) is 5.92 Å². The Morgan fingerprint density at radius 2 is 1.83 bits per heavy atom. The van der Waals surface area contributed by atoms with Crippen LogP contribution >= 0.6 is 0 Å². The minimum atomic E-state index is -0.348. The molecule has 3 rings (SSSR count). The maximum absolute atomic E-state index is 12.4. The third kappa shape index (κ3) is 3.40. The second-order valence-electron chi connectivity index (χ2n) is 5.87.